The molecule has 3 saturated heterocycles. The number of hydrogen-bond donors (Lipinski definition) is 0. The fraction of sp³-hybridized carbons (Fsp3) is 0.857. The van der Waals surface area contributed by atoms with Crippen LogP contribution in [0.5, 0.6) is 0 Å². The number of carbonyl (C=O) groups is 2. The second kappa shape index (κ2) is 6.97. The Kier molecular flexibility index (Phi) is 5.19. The van der Waals surface area contributed by atoms with E-state index in [0.29, 0.717) is 25.9 Å². The Bertz CT molecular complexity index is 670. The van der Waals surface area contributed by atoms with Gasteiger partial charge in [-0.05, 0) is 25.7 Å². The van der Waals surface area contributed by atoms with Crippen molar-refractivity contribution in [2.24, 2.45) is 0 Å². The lowest BCUT2D eigenvalue weighted by Gasteiger charge is -2.36. The molecule has 0 atom stereocenters. The van der Waals surface area contributed by atoms with Gasteiger partial charge in [-0.15, -0.1) is 0 Å². The van der Waals surface area contributed by atoms with Crippen LogP contribution in [-0.4, -0.2) is 90.3 Å². The van der Waals surface area contributed by atoms with Gasteiger partial charge in [0.1, 0.15) is 13.1 Å². The molecule has 148 valence electrons. The Hall–Kier alpha value is -1.40. The lowest BCUT2D eigenvalue weighted by Crippen LogP contribution is -2.51. The van der Waals surface area contributed by atoms with E-state index < -0.39 is 47.5 Å². The fourth-order valence-electron chi connectivity index (χ4n) is 3.65. The van der Waals surface area contributed by atoms with Crippen LogP contribution in [0.2, 0.25) is 0 Å². The van der Waals surface area contributed by atoms with Crippen LogP contribution >= 0.6 is 0 Å². The highest BCUT2D eigenvalue weighted by atomic mass is 32.2. The molecule has 3 rings (SSSR count). The highest BCUT2D eigenvalue weighted by Crippen LogP contribution is 2.27. The number of piperidine rings is 1. The molecule has 8 nitrogen and oxygen atoms in total. The molecular formula is C14H21F3N4O4S. The van der Waals surface area contributed by atoms with Crippen molar-refractivity contribution in [3.8, 4) is 0 Å². The van der Waals surface area contributed by atoms with Gasteiger partial charge in [0.2, 0.25) is 0 Å². The summed E-state index contributed by atoms with van der Waals surface area (Å²) in [5, 5.41) is 0. The Morgan fingerprint density at radius 1 is 0.962 bits per heavy atom. The minimum Gasteiger partial charge on any atom is -0.312 e. The first-order valence-corrected chi connectivity index (χ1v) is 9.92. The van der Waals surface area contributed by atoms with Crippen molar-refractivity contribution in [2.75, 3.05) is 39.3 Å². The first-order chi connectivity index (χ1) is 12.1. The number of amides is 3. The maximum Gasteiger partial charge on any atom is 0.406 e. The van der Waals surface area contributed by atoms with Crippen molar-refractivity contribution in [1.82, 2.24) is 18.4 Å². The van der Waals surface area contributed by atoms with E-state index in [4.69, 9.17) is 0 Å². The summed E-state index contributed by atoms with van der Waals surface area (Å²) >= 11 is 0. The molecule has 0 spiro atoms. The smallest absolute Gasteiger partial charge is 0.312 e. The molecule has 0 aromatic heterocycles. The van der Waals surface area contributed by atoms with Gasteiger partial charge >= 0.3 is 12.2 Å². The van der Waals surface area contributed by atoms with E-state index in [1.165, 1.54) is 8.61 Å². The van der Waals surface area contributed by atoms with Crippen LogP contribution in [0.4, 0.5) is 18.0 Å². The van der Waals surface area contributed by atoms with Crippen molar-refractivity contribution >= 4 is 22.1 Å². The van der Waals surface area contributed by atoms with Crippen LogP contribution in [-0.2, 0) is 15.0 Å². The zero-order chi connectivity index (χ0) is 19.1. The van der Waals surface area contributed by atoms with Crippen molar-refractivity contribution in [2.45, 2.75) is 37.9 Å². The summed E-state index contributed by atoms with van der Waals surface area (Å²) in [5.41, 5.74) is 0. The number of rotatable bonds is 4. The molecule has 0 bridgehead atoms. The minimum atomic E-state index is -4.64. The third-order valence-electron chi connectivity index (χ3n) is 5.00. The van der Waals surface area contributed by atoms with Crippen LogP contribution in [0.15, 0.2) is 0 Å². The normalized spacial score (nSPS) is 24.9. The Morgan fingerprint density at radius 3 is 2.04 bits per heavy atom. The molecule has 0 unspecified atom stereocenters. The molecule has 0 saturated carbocycles. The second-order valence-corrected chi connectivity index (χ2v) is 8.68. The molecule has 0 aromatic carbocycles. The maximum atomic E-state index is 12.5. The van der Waals surface area contributed by atoms with Crippen molar-refractivity contribution in [1.29, 1.82) is 0 Å². The van der Waals surface area contributed by atoms with E-state index in [1.54, 1.807) is 0 Å². The highest BCUT2D eigenvalue weighted by Gasteiger charge is 2.46. The van der Waals surface area contributed by atoms with Gasteiger partial charge in [0, 0.05) is 32.2 Å². The minimum absolute atomic E-state index is 0.181. The van der Waals surface area contributed by atoms with E-state index >= 15 is 0 Å². The molecule has 0 aromatic rings. The van der Waals surface area contributed by atoms with Crippen LogP contribution < -0.4 is 0 Å². The zero-order valence-electron chi connectivity index (χ0n) is 14.1. The Labute approximate surface area is 149 Å². The summed E-state index contributed by atoms with van der Waals surface area (Å²) in [6, 6.07) is -1.39. The van der Waals surface area contributed by atoms with Gasteiger partial charge in [0.15, 0.2) is 0 Å². The topological polar surface area (TPSA) is 81.2 Å². The van der Waals surface area contributed by atoms with Gasteiger partial charge in [-0.25, -0.2) is 4.79 Å². The zero-order valence-corrected chi connectivity index (χ0v) is 14.9. The van der Waals surface area contributed by atoms with E-state index in [9.17, 15) is 31.2 Å². The third-order valence-corrected chi connectivity index (χ3v) is 7.04. The van der Waals surface area contributed by atoms with Crippen molar-refractivity contribution in [3.63, 3.8) is 0 Å². The molecule has 26 heavy (non-hydrogen) atoms. The first-order valence-electron chi connectivity index (χ1n) is 8.52. The fourth-order valence-corrected chi connectivity index (χ4v) is 5.37. The number of hydrogen-bond acceptors (Lipinski definition) is 4. The first kappa shape index (κ1) is 19.4. The van der Waals surface area contributed by atoms with Crippen LogP contribution in [0.1, 0.15) is 25.7 Å². The quantitative estimate of drug-likeness (QED) is 0.650. The number of imide groups is 1. The van der Waals surface area contributed by atoms with Gasteiger partial charge in [0.25, 0.3) is 16.1 Å². The molecule has 0 aliphatic carbocycles. The average molecular weight is 398 g/mol. The summed E-state index contributed by atoms with van der Waals surface area (Å²) in [5.74, 6) is -0.876. The summed E-state index contributed by atoms with van der Waals surface area (Å²) in [4.78, 5) is 25.3. The molecule has 3 fully saturated rings. The third kappa shape index (κ3) is 3.81. The van der Waals surface area contributed by atoms with Gasteiger partial charge in [-0.1, -0.05) is 0 Å². The van der Waals surface area contributed by atoms with E-state index in [2.05, 4.69) is 0 Å². The summed E-state index contributed by atoms with van der Waals surface area (Å²) < 4.78 is 65.4. The largest absolute Gasteiger partial charge is 0.406 e. The average Bonchev–Trinajstić information content (AvgIpc) is 3.19. The number of alkyl halides is 3. The molecule has 12 heteroatoms. The lowest BCUT2D eigenvalue weighted by atomic mass is 10.1. The summed E-state index contributed by atoms with van der Waals surface area (Å²) in [6.07, 6.45) is -2.39. The Balaban J connectivity index is 1.60. The molecule has 3 aliphatic rings. The van der Waals surface area contributed by atoms with E-state index in [-0.39, 0.29) is 18.0 Å². The van der Waals surface area contributed by atoms with Gasteiger partial charge in [-0.2, -0.15) is 30.2 Å². The molecule has 3 heterocycles. The van der Waals surface area contributed by atoms with Gasteiger partial charge in [-0.3, -0.25) is 9.69 Å². The summed E-state index contributed by atoms with van der Waals surface area (Å²) in [7, 11) is -3.53. The monoisotopic (exact) mass is 398 g/mol. The standard InChI is InChI=1S/C14H21F3N4O4S/c15-14(16,17)10-21-12(22)9-20(13(21)23)11-3-7-19(8-4-11)26(24,25)18-5-1-2-6-18/h11H,1-10H2. The number of halogens is 3. The summed E-state index contributed by atoms with van der Waals surface area (Å²) in [6.45, 7) is -0.634. The van der Waals surface area contributed by atoms with Crippen LogP contribution in [0.25, 0.3) is 0 Å². The highest BCUT2D eigenvalue weighted by molar-refractivity contribution is 7.86. The van der Waals surface area contributed by atoms with Crippen molar-refractivity contribution in [3.05, 3.63) is 0 Å². The van der Waals surface area contributed by atoms with E-state index in [0.717, 1.165) is 17.7 Å². The predicted molar refractivity (Wildman–Crippen MR) is 84.2 cm³/mol. The maximum absolute atomic E-state index is 12.5. The number of nitrogens with zero attached hydrogens (tertiary/aromatic N) is 4. The van der Waals surface area contributed by atoms with Crippen LogP contribution in [0.3, 0.4) is 0 Å². The molecule has 0 radical (unpaired) electrons. The van der Waals surface area contributed by atoms with Gasteiger partial charge < -0.3 is 4.90 Å². The van der Waals surface area contributed by atoms with Crippen LogP contribution in [0, 0.1) is 0 Å². The number of carbonyl (C=O) groups excluding carboxylic acids is 2. The molecule has 3 aliphatic heterocycles. The molecule has 0 N–H and O–H groups in total. The van der Waals surface area contributed by atoms with E-state index in [1.807, 2.05) is 0 Å². The number of urea groups is 1. The van der Waals surface area contributed by atoms with Gasteiger partial charge in [0.05, 0.1) is 0 Å². The molecular weight excluding hydrogens is 377 g/mol. The lowest BCUT2D eigenvalue weighted by molar-refractivity contribution is -0.151. The SMILES string of the molecule is O=C1CN(C2CCN(S(=O)(=O)N3CCCC3)CC2)C(=O)N1CC(F)(F)F. The Morgan fingerprint density at radius 2 is 1.50 bits per heavy atom. The van der Waals surface area contributed by atoms with Crippen molar-refractivity contribution < 1.29 is 31.2 Å². The predicted octanol–water partition coefficient (Wildman–Crippen LogP) is 0.618. The second-order valence-electron chi connectivity index (χ2n) is 6.75. The molecule has 3 amide bonds.